The molecule has 0 atom stereocenters. The predicted molar refractivity (Wildman–Crippen MR) is 133 cm³/mol. The number of halogens is 1. The van der Waals surface area contributed by atoms with Crippen molar-refractivity contribution in [1.29, 1.82) is 0 Å². The highest BCUT2D eigenvalue weighted by Crippen LogP contribution is 2.43. The number of nitrogen functional groups attached to an aromatic ring is 1. The van der Waals surface area contributed by atoms with Gasteiger partial charge in [0.25, 0.3) is 5.78 Å². The first-order valence-corrected chi connectivity index (χ1v) is 11.8. The summed E-state index contributed by atoms with van der Waals surface area (Å²) < 4.78 is 19.9. The minimum Gasteiger partial charge on any atom is -0.539 e. The van der Waals surface area contributed by atoms with E-state index in [-0.39, 0.29) is 16.3 Å². The summed E-state index contributed by atoms with van der Waals surface area (Å²) in [4.78, 5) is 18.8. The molecule has 3 heterocycles. The maximum Gasteiger partial charge on any atom is 0.305 e. The molecule has 0 bridgehead atoms. The molecular formula is C27H17FN4O3S. The average molecular weight is 497 g/mol. The van der Waals surface area contributed by atoms with Gasteiger partial charge in [0.2, 0.25) is 0 Å². The number of pyridine rings is 1. The minimum absolute atomic E-state index is 0.140. The van der Waals surface area contributed by atoms with Crippen molar-refractivity contribution < 1.29 is 23.5 Å². The fourth-order valence-electron chi connectivity index (χ4n) is 4.42. The Labute approximate surface area is 207 Å². The zero-order chi connectivity index (χ0) is 25.0. The number of benzene rings is 3. The highest BCUT2D eigenvalue weighted by atomic mass is 32.1. The molecule has 0 saturated heterocycles. The van der Waals surface area contributed by atoms with Crippen molar-refractivity contribution in [2.24, 2.45) is 7.05 Å². The lowest BCUT2D eigenvalue weighted by Gasteiger charge is -2.11. The summed E-state index contributed by atoms with van der Waals surface area (Å²) in [5.41, 5.74) is 9.18. The summed E-state index contributed by atoms with van der Waals surface area (Å²) in [5.74, 6) is -1.86. The summed E-state index contributed by atoms with van der Waals surface area (Å²) in [5, 5.41) is 18.2. The molecule has 3 aromatic carbocycles. The summed E-state index contributed by atoms with van der Waals surface area (Å²) in [6, 6.07) is 21.9. The number of aromatic nitrogens is 3. The van der Waals surface area contributed by atoms with Crippen LogP contribution in [0.1, 0.15) is 15.4 Å². The number of hydrogen-bond donors (Lipinski definition) is 1. The van der Waals surface area contributed by atoms with Gasteiger partial charge in [-0.1, -0.05) is 59.3 Å². The number of carbonyl (C=O) groups is 1. The van der Waals surface area contributed by atoms with Crippen LogP contribution in [0, 0.1) is 5.82 Å². The number of rotatable bonds is 4. The van der Waals surface area contributed by atoms with E-state index in [2.05, 4.69) is 9.79 Å². The maximum absolute atomic E-state index is 14.2. The summed E-state index contributed by atoms with van der Waals surface area (Å²) in [6.07, 6.45) is 0. The van der Waals surface area contributed by atoms with E-state index >= 15 is 0 Å². The molecule has 0 unspecified atom stereocenters. The van der Waals surface area contributed by atoms with Crippen LogP contribution < -0.4 is 15.5 Å². The number of thiophene rings is 1. The molecule has 0 radical (unpaired) electrons. The van der Waals surface area contributed by atoms with Crippen molar-refractivity contribution in [3.63, 3.8) is 0 Å². The summed E-state index contributed by atoms with van der Waals surface area (Å²) in [6.45, 7) is 0. The number of nitrogens with zero attached hydrogens (tertiary/aromatic N) is 3. The minimum atomic E-state index is -0.853. The lowest BCUT2D eigenvalue weighted by atomic mass is 9.97. The molecule has 176 valence electrons. The van der Waals surface area contributed by atoms with Gasteiger partial charge in [-0.25, -0.2) is 9.37 Å². The first-order chi connectivity index (χ1) is 17.4. The average Bonchev–Trinajstić information content (AvgIpc) is 3.40. The number of fused-ring (bicyclic) bond motifs is 2. The highest BCUT2D eigenvalue weighted by molar-refractivity contribution is 7.21. The van der Waals surface area contributed by atoms with Gasteiger partial charge < -0.3 is 15.4 Å². The van der Waals surface area contributed by atoms with E-state index in [1.54, 1.807) is 12.1 Å². The number of ketones is 1. The molecule has 0 aliphatic heterocycles. The third-order valence-electron chi connectivity index (χ3n) is 6.08. The zero-order valence-corrected chi connectivity index (χ0v) is 19.7. The van der Waals surface area contributed by atoms with Crippen LogP contribution in [0.2, 0.25) is 0 Å². The lowest BCUT2D eigenvalue weighted by Crippen LogP contribution is -2.37. The quantitative estimate of drug-likeness (QED) is 0.282. The molecule has 2 N–H and O–H groups in total. The van der Waals surface area contributed by atoms with Crippen LogP contribution in [-0.2, 0) is 7.05 Å². The molecule has 3 aromatic heterocycles. The molecular weight excluding hydrogens is 479 g/mol. The van der Waals surface area contributed by atoms with Crippen molar-refractivity contribution in [2.45, 2.75) is 0 Å². The Morgan fingerprint density at radius 1 is 1.06 bits per heavy atom. The largest absolute Gasteiger partial charge is 0.539 e. The standard InChI is InChI=1S/C27H17FN4O3S/c1-32-23(27(34)35-31-32)24(33)25-22(29)21-19(15-8-4-9-16(28)12-15)13-20(30-26(21)36-25)18-11-5-7-14-6-2-3-10-17(14)18/h2-13H,1H3,(H2-,29,31,33,34). The van der Waals surface area contributed by atoms with Gasteiger partial charge in [-0.2, -0.15) is 0 Å². The number of anilines is 1. The SMILES string of the molecule is C[n+]1noc([O-])c1C(=O)c1sc2nc(-c3cccc4ccccc34)cc(-c3cccc(F)c3)c2c1N. The van der Waals surface area contributed by atoms with Gasteiger partial charge in [-0.3, -0.25) is 4.79 Å². The predicted octanol–water partition coefficient (Wildman–Crippen LogP) is 4.62. The topological polar surface area (TPSA) is 109 Å². The first-order valence-electron chi connectivity index (χ1n) is 11.0. The number of hydrogen-bond acceptors (Lipinski definition) is 7. The van der Waals surface area contributed by atoms with Gasteiger partial charge in [0.05, 0.1) is 16.7 Å². The van der Waals surface area contributed by atoms with Crippen molar-refractivity contribution >= 4 is 43.8 Å². The van der Waals surface area contributed by atoms with Gasteiger partial charge in [-0.05, 0) is 40.1 Å². The molecule has 0 amide bonds. The van der Waals surface area contributed by atoms with Gasteiger partial charge in [0.15, 0.2) is 13.0 Å². The Kier molecular flexibility index (Phi) is 5.01. The van der Waals surface area contributed by atoms with Gasteiger partial charge in [0, 0.05) is 10.9 Å². The van der Waals surface area contributed by atoms with Crippen LogP contribution >= 0.6 is 11.3 Å². The Hall–Kier alpha value is -4.63. The second-order valence-electron chi connectivity index (χ2n) is 8.28. The van der Waals surface area contributed by atoms with Crippen LogP contribution in [0.4, 0.5) is 10.1 Å². The Morgan fingerprint density at radius 2 is 1.83 bits per heavy atom. The van der Waals surface area contributed by atoms with E-state index in [0.717, 1.165) is 32.4 Å². The summed E-state index contributed by atoms with van der Waals surface area (Å²) in [7, 11) is 1.44. The number of aryl methyl sites for hydroxylation is 1. The van der Waals surface area contributed by atoms with Crippen molar-refractivity contribution in [3.05, 3.63) is 89.2 Å². The van der Waals surface area contributed by atoms with E-state index in [1.807, 2.05) is 48.5 Å². The lowest BCUT2D eigenvalue weighted by molar-refractivity contribution is -0.741. The van der Waals surface area contributed by atoms with E-state index in [0.29, 0.717) is 27.0 Å². The van der Waals surface area contributed by atoms with E-state index in [4.69, 9.17) is 10.7 Å². The van der Waals surface area contributed by atoms with Crippen LogP contribution in [0.5, 0.6) is 5.95 Å². The Morgan fingerprint density at radius 3 is 2.61 bits per heavy atom. The molecule has 0 fully saturated rings. The molecule has 0 aliphatic carbocycles. The molecule has 36 heavy (non-hydrogen) atoms. The second-order valence-corrected chi connectivity index (χ2v) is 9.28. The third kappa shape index (κ3) is 3.40. The molecule has 0 spiro atoms. The molecule has 0 aliphatic rings. The van der Waals surface area contributed by atoms with Crippen LogP contribution in [-0.4, -0.2) is 16.0 Å². The highest BCUT2D eigenvalue weighted by Gasteiger charge is 2.30. The van der Waals surface area contributed by atoms with Crippen LogP contribution in [0.15, 0.2) is 77.3 Å². The van der Waals surface area contributed by atoms with Gasteiger partial charge in [-0.15, -0.1) is 11.3 Å². The van der Waals surface area contributed by atoms with Crippen molar-refractivity contribution in [2.75, 3.05) is 5.73 Å². The molecule has 0 saturated carbocycles. The molecule has 6 rings (SSSR count). The van der Waals surface area contributed by atoms with E-state index in [9.17, 15) is 14.3 Å². The van der Waals surface area contributed by atoms with Gasteiger partial charge in [0.1, 0.15) is 15.5 Å². The monoisotopic (exact) mass is 496 g/mol. The normalized spacial score (nSPS) is 11.4. The van der Waals surface area contributed by atoms with Gasteiger partial charge >= 0.3 is 5.69 Å². The number of carbonyl (C=O) groups excluding carboxylic acids is 1. The fourth-order valence-corrected chi connectivity index (χ4v) is 5.48. The van der Waals surface area contributed by atoms with Crippen LogP contribution in [0.25, 0.3) is 43.4 Å². The molecule has 7 nitrogen and oxygen atoms in total. The maximum atomic E-state index is 14.2. The third-order valence-corrected chi connectivity index (χ3v) is 7.18. The van der Waals surface area contributed by atoms with Crippen molar-refractivity contribution in [1.82, 2.24) is 10.3 Å². The summed E-state index contributed by atoms with van der Waals surface area (Å²) >= 11 is 1.07. The second kappa shape index (κ2) is 8.24. The fraction of sp³-hybridized carbons (Fsp3) is 0.0370. The smallest absolute Gasteiger partial charge is 0.305 e. The molecule has 6 aromatic rings. The molecule has 9 heteroatoms. The number of nitrogens with two attached hydrogens (primary N) is 1. The Bertz CT molecular complexity index is 1800. The Balaban J connectivity index is 1.66. The van der Waals surface area contributed by atoms with Crippen LogP contribution in [0.3, 0.4) is 0 Å². The zero-order valence-electron chi connectivity index (χ0n) is 18.9. The first kappa shape index (κ1) is 21.9. The van der Waals surface area contributed by atoms with E-state index in [1.165, 1.54) is 19.2 Å². The van der Waals surface area contributed by atoms with E-state index < -0.39 is 17.5 Å². The van der Waals surface area contributed by atoms with Crippen molar-refractivity contribution in [3.8, 4) is 28.3 Å².